The summed E-state index contributed by atoms with van der Waals surface area (Å²) in [5, 5.41) is 2.91. The van der Waals surface area contributed by atoms with Gasteiger partial charge in [-0.1, -0.05) is 23.7 Å². The van der Waals surface area contributed by atoms with E-state index < -0.39 is 11.7 Å². The third-order valence-electron chi connectivity index (χ3n) is 2.70. The van der Waals surface area contributed by atoms with Crippen LogP contribution in [-0.2, 0) is 11.3 Å². The lowest BCUT2D eigenvalue weighted by atomic mass is 10.2. The molecule has 4 nitrogen and oxygen atoms in total. The zero-order valence-corrected chi connectivity index (χ0v) is 11.9. The van der Waals surface area contributed by atoms with E-state index >= 15 is 0 Å². The molecule has 0 saturated carbocycles. The molecular formula is C15H14ClFN2O2. The Balaban J connectivity index is 1.92. The van der Waals surface area contributed by atoms with Gasteiger partial charge in [0, 0.05) is 12.2 Å². The van der Waals surface area contributed by atoms with Gasteiger partial charge in [0.25, 0.3) is 5.91 Å². The van der Waals surface area contributed by atoms with Crippen LogP contribution in [0.5, 0.6) is 5.75 Å². The summed E-state index contributed by atoms with van der Waals surface area (Å²) in [7, 11) is 0. The molecule has 3 N–H and O–H groups in total. The molecule has 1 amide bonds. The van der Waals surface area contributed by atoms with Crippen molar-refractivity contribution in [3.8, 4) is 5.75 Å². The number of hydrogen-bond donors (Lipinski definition) is 2. The molecule has 6 heteroatoms. The van der Waals surface area contributed by atoms with Gasteiger partial charge in [0.05, 0.1) is 5.02 Å². The quantitative estimate of drug-likeness (QED) is 0.892. The second-order valence-electron chi connectivity index (χ2n) is 4.32. The maximum Gasteiger partial charge on any atom is 0.262 e. The molecule has 0 aliphatic rings. The summed E-state index contributed by atoms with van der Waals surface area (Å²) in [6.45, 7) is 0.151. The summed E-state index contributed by atoms with van der Waals surface area (Å²) in [6, 6.07) is 10.7. The molecule has 2 aromatic rings. The Kier molecular flexibility index (Phi) is 5.14. The average molecular weight is 309 g/mol. The van der Waals surface area contributed by atoms with E-state index in [1.165, 1.54) is 18.2 Å². The monoisotopic (exact) mass is 308 g/mol. The van der Waals surface area contributed by atoms with E-state index in [0.29, 0.717) is 23.0 Å². The third-order valence-corrected chi connectivity index (χ3v) is 2.99. The highest BCUT2D eigenvalue weighted by Gasteiger charge is 2.07. The molecule has 0 aliphatic heterocycles. The van der Waals surface area contributed by atoms with Gasteiger partial charge in [-0.05, 0) is 35.9 Å². The largest absolute Gasteiger partial charge is 0.482 e. The van der Waals surface area contributed by atoms with Gasteiger partial charge >= 0.3 is 0 Å². The van der Waals surface area contributed by atoms with Crippen LogP contribution in [0.3, 0.4) is 0 Å². The molecule has 0 bridgehead atoms. The Morgan fingerprint density at radius 3 is 2.76 bits per heavy atom. The number of nitrogens with two attached hydrogens (primary N) is 1. The summed E-state index contributed by atoms with van der Waals surface area (Å²) < 4.78 is 18.3. The van der Waals surface area contributed by atoms with Crippen molar-refractivity contribution in [3.05, 3.63) is 58.9 Å². The fourth-order valence-electron chi connectivity index (χ4n) is 1.69. The lowest BCUT2D eigenvalue weighted by Gasteiger charge is -2.09. The molecule has 0 heterocycles. The molecule has 21 heavy (non-hydrogen) atoms. The van der Waals surface area contributed by atoms with Gasteiger partial charge in [0.2, 0.25) is 0 Å². The second kappa shape index (κ2) is 7.06. The molecule has 0 unspecified atom stereocenters. The lowest BCUT2D eigenvalue weighted by molar-refractivity contribution is -0.118. The molecule has 0 spiro atoms. The summed E-state index contributed by atoms with van der Waals surface area (Å²) in [5.74, 6) is -0.433. The number of anilines is 1. The minimum atomic E-state index is -0.422. The van der Waals surface area contributed by atoms with Crippen molar-refractivity contribution in [1.29, 1.82) is 0 Å². The van der Waals surface area contributed by atoms with Crippen molar-refractivity contribution in [3.63, 3.8) is 0 Å². The number of halogens is 2. The van der Waals surface area contributed by atoms with E-state index in [2.05, 4.69) is 5.32 Å². The number of nitrogens with one attached hydrogen (secondary N) is 1. The van der Waals surface area contributed by atoms with Gasteiger partial charge in [-0.2, -0.15) is 0 Å². The highest BCUT2D eigenvalue weighted by molar-refractivity contribution is 6.32. The first kappa shape index (κ1) is 15.3. The standard InChI is InChI=1S/C15H14ClFN2O2/c16-13-6-10(8-18)4-5-14(13)21-9-15(20)19-12-3-1-2-11(17)7-12/h1-7H,8-9,18H2,(H,19,20). The Labute approximate surface area is 126 Å². The van der Waals surface area contributed by atoms with Gasteiger partial charge in [-0.15, -0.1) is 0 Å². The van der Waals surface area contributed by atoms with Crippen molar-refractivity contribution >= 4 is 23.2 Å². The molecule has 0 aliphatic carbocycles. The molecule has 110 valence electrons. The summed E-state index contributed by atoms with van der Waals surface area (Å²) >= 11 is 6.01. The Bertz CT molecular complexity index is 649. The lowest BCUT2D eigenvalue weighted by Crippen LogP contribution is -2.20. The number of amides is 1. The molecule has 0 fully saturated rings. The Morgan fingerprint density at radius 1 is 1.29 bits per heavy atom. The maximum absolute atomic E-state index is 13.0. The van der Waals surface area contributed by atoms with E-state index in [1.54, 1.807) is 24.3 Å². The predicted octanol–water partition coefficient (Wildman–Crippen LogP) is 2.96. The van der Waals surface area contributed by atoms with E-state index in [0.717, 1.165) is 5.56 Å². The maximum atomic E-state index is 13.0. The topological polar surface area (TPSA) is 64.3 Å². The number of benzene rings is 2. The van der Waals surface area contributed by atoms with E-state index in [-0.39, 0.29) is 6.61 Å². The van der Waals surface area contributed by atoms with Crippen molar-refractivity contribution in [1.82, 2.24) is 0 Å². The van der Waals surface area contributed by atoms with Crippen molar-refractivity contribution in [2.45, 2.75) is 6.54 Å². The number of carbonyl (C=O) groups excluding carboxylic acids is 1. The Hall–Kier alpha value is -2.11. The van der Waals surface area contributed by atoms with Gasteiger partial charge < -0.3 is 15.8 Å². The first-order chi connectivity index (χ1) is 10.1. The van der Waals surface area contributed by atoms with Crippen LogP contribution in [0.1, 0.15) is 5.56 Å². The van der Waals surface area contributed by atoms with Crippen LogP contribution in [0.15, 0.2) is 42.5 Å². The first-order valence-electron chi connectivity index (χ1n) is 6.25. The van der Waals surface area contributed by atoms with Crippen LogP contribution >= 0.6 is 11.6 Å². The van der Waals surface area contributed by atoms with E-state index in [1.807, 2.05) is 0 Å². The zero-order chi connectivity index (χ0) is 15.2. The van der Waals surface area contributed by atoms with E-state index in [4.69, 9.17) is 22.1 Å². The third kappa shape index (κ3) is 4.44. The minimum absolute atomic E-state index is 0.224. The van der Waals surface area contributed by atoms with Gasteiger partial charge in [0.1, 0.15) is 11.6 Å². The van der Waals surface area contributed by atoms with E-state index in [9.17, 15) is 9.18 Å². The van der Waals surface area contributed by atoms with Crippen LogP contribution in [0.25, 0.3) is 0 Å². The fraction of sp³-hybridized carbons (Fsp3) is 0.133. The fourth-order valence-corrected chi connectivity index (χ4v) is 1.95. The summed E-state index contributed by atoms with van der Waals surface area (Å²) in [5.41, 5.74) is 6.74. The van der Waals surface area contributed by atoms with Gasteiger partial charge in [-0.3, -0.25) is 4.79 Å². The summed E-state index contributed by atoms with van der Waals surface area (Å²) in [4.78, 5) is 11.7. The molecule has 0 saturated heterocycles. The molecular weight excluding hydrogens is 295 g/mol. The second-order valence-corrected chi connectivity index (χ2v) is 4.72. The van der Waals surface area contributed by atoms with Crippen LogP contribution in [0.4, 0.5) is 10.1 Å². The van der Waals surface area contributed by atoms with Crippen molar-refractivity contribution < 1.29 is 13.9 Å². The smallest absolute Gasteiger partial charge is 0.262 e. The average Bonchev–Trinajstić information content (AvgIpc) is 2.46. The molecule has 2 rings (SSSR count). The SMILES string of the molecule is NCc1ccc(OCC(=O)Nc2cccc(F)c2)c(Cl)c1. The number of carbonyl (C=O) groups is 1. The number of ether oxygens (including phenoxy) is 1. The molecule has 0 atom stereocenters. The number of hydrogen-bond acceptors (Lipinski definition) is 3. The minimum Gasteiger partial charge on any atom is -0.482 e. The molecule has 0 radical (unpaired) electrons. The highest BCUT2D eigenvalue weighted by atomic mass is 35.5. The van der Waals surface area contributed by atoms with Crippen LogP contribution in [-0.4, -0.2) is 12.5 Å². The van der Waals surface area contributed by atoms with Crippen molar-refractivity contribution in [2.24, 2.45) is 5.73 Å². The Morgan fingerprint density at radius 2 is 2.10 bits per heavy atom. The highest BCUT2D eigenvalue weighted by Crippen LogP contribution is 2.25. The number of rotatable bonds is 5. The van der Waals surface area contributed by atoms with Crippen LogP contribution in [0.2, 0.25) is 5.02 Å². The van der Waals surface area contributed by atoms with Crippen LogP contribution < -0.4 is 15.8 Å². The molecule has 0 aromatic heterocycles. The molecule has 2 aromatic carbocycles. The predicted molar refractivity (Wildman–Crippen MR) is 79.9 cm³/mol. The zero-order valence-electron chi connectivity index (χ0n) is 11.1. The van der Waals surface area contributed by atoms with Crippen LogP contribution in [0, 0.1) is 5.82 Å². The van der Waals surface area contributed by atoms with Gasteiger partial charge in [-0.25, -0.2) is 4.39 Å². The van der Waals surface area contributed by atoms with Crippen molar-refractivity contribution in [2.75, 3.05) is 11.9 Å². The van der Waals surface area contributed by atoms with Gasteiger partial charge in [0.15, 0.2) is 6.61 Å². The normalized spacial score (nSPS) is 10.2. The summed E-state index contributed by atoms with van der Waals surface area (Å²) in [6.07, 6.45) is 0. The first-order valence-corrected chi connectivity index (χ1v) is 6.63.